The summed E-state index contributed by atoms with van der Waals surface area (Å²) in [4.78, 5) is 10.9. The fourth-order valence-corrected chi connectivity index (χ4v) is 2.11. The van der Waals surface area contributed by atoms with Gasteiger partial charge < -0.3 is 5.73 Å². The Labute approximate surface area is 108 Å². The molecule has 0 amide bonds. The predicted octanol–water partition coefficient (Wildman–Crippen LogP) is 0.908. The van der Waals surface area contributed by atoms with E-state index in [9.17, 15) is 8.42 Å². The first-order valence-corrected chi connectivity index (χ1v) is 6.55. The molecule has 0 unspecified atom stereocenters. The topological polar surface area (TPSA) is 111 Å². The summed E-state index contributed by atoms with van der Waals surface area (Å²) >= 11 is 5.64. The predicted molar refractivity (Wildman–Crippen MR) is 66.5 cm³/mol. The molecule has 0 radical (unpaired) electrons. The number of aromatic nitrogens is 3. The summed E-state index contributed by atoms with van der Waals surface area (Å²) in [5.41, 5.74) is 5.27. The highest BCUT2D eigenvalue weighted by Gasteiger charge is 2.15. The second-order valence-electron chi connectivity index (χ2n) is 3.24. The fourth-order valence-electron chi connectivity index (χ4n) is 1.10. The molecule has 2 aromatic heterocycles. The average Bonchev–Trinajstić information content (AvgIpc) is 2.32. The third-order valence-electron chi connectivity index (χ3n) is 1.92. The van der Waals surface area contributed by atoms with E-state index in [1.165, 1.54) is 18.3 Å². The lowest BCUT2D eigenvalue weighted by Crippen LogP contribution is -2.14. The summed E-state index contributed by atoms with van der Waals surface area (Å²) < 4.78 is 26.0. The van der Waals surface area contributed by atoms with Crippen LogP contribution in [0.5, 0.6) is 0 Å². The van der Waals surface area contributed by atoms with Crippen LogP contribution in [-0.2, 0) is 10.0 Å². The maximum Gasteiger partial charge on any atom is 0.266 e. The first kappa shape index (κ1) is 12.5. The Kier molecular flexibility index (Phi) is 3.30. The van der Waals surface area contributed by atoms with Gasteiger partial charge >= 0.3 is 0 Å². The minimum absolute atomic E-state index is 0.00133. The lowest BCUT2D eigenvalue weighted by atomic mass is 10.5. The van der Waals surface area contributed by atoms with E-state index in [4.69, 9.17) is 17.3 Å². The third-order valence-corrected chi connectivity index (χ3v) is 3.46. The normalized spacial score (nSPS) is 11.2. The molecule has 0 bridgehead atoms. The van der Waals surface area contributed by atoms with Crippen LogP contribution in [-0.4, -0.2) is 23.4 Å². The van der Waals surface area contributed by atoms with E-state index < -0.39 is 10.0 Å². The molecule has 9 heteroatoms. The molecule has 0 fully saturated rings. The Morgan fingerprint density at radius 3 is 2.33 bits per heavy atom. The Hall–Kier alpha value is -1.93. The van der Waals surface area contributed by atoms with Crippen molar-refractivity contribution in [1.29, 1.82) is 0 Å². The number of hydrogen-bond donors (Lipinski definition) is 2. The van der Waals surface area contributed by atoms with E-state index in [1.54, 1.807) is 0 Å². The Morgan fingerprint density at radius 2 is 1.78 bits per heavy atom. The van der Waals surface area contributed by atoms with Crippen LogP contribution < -0.4 is 10.5 Å². The van der Waals surface area contributed by atoms with E-state index in [-0.39, 0.29) is 16.7 Å². The molecular weight excluding hydrogens is 278 g/mol. The zero-order valence-electron chi connectivity index (χ0n) is 8.91. The smallest absolute Gasteiger partial charge is 0.266 e. The first-order chi connectivity index (χ1) is 8.47. The molecule has 0 spiro atoms. The van der Waals surface area contributed by atoms with Gasteiger partial charge in [0.2, 0.25) is 5.95 Å². The summed E-state index contributed by atoms with van der Waals surface area (Å²) in [5, 5.41) is 0.411. The molecule has 0 aromatic carbocycles. The van der Waals surface area contributed by atoms with Crippen molar-refractivity contribution < 1.29 is 8.42 Å². The summed E-state index contributed by atoms with van der Waals surface area (Å²) in [6.07, 6.45) is 3.56. The number of rotatable bonds is 3. The van der Waals surface area contributed by atoms with Gasteiger partial charge in [-0.15, -0.1) is 0 Å². The van der Waals surface area contributed by atoms with Crippen LogP contribution in [0.2, 0.25) is 5.02 Å². The number of halogens is 1. The van der Waals surface area contributed by atoms with Crippen molar-refractivity contribution in [1.82, 2.24) is 15.0 Å². The van der Waals surface area contributed by atoms with Crippen LogP contribution in [0.3, 0.4) is 0 Å². The molecule has 0 aliphatic heterocycles. The van der Waals surface area contributed by atoms with Gasteiger partial charge in [0.25, 0.3) is 10.0 Å². The summed E-state index contributed by atoms with van der Waals surface area (Å²) in [6, 6.07) is 2.96. The van der Waals surface area contributed by atoms with Crippen molar-refractivity contribution >= 4 is 33.4 Å². The number of sulfonamides is 1. The largest absolute Gasteiger partial charge is 0.368 e. The van der Waals surface area contributed by atoms with Gasteiger partial charge in [0.15, 0.2) is 0 Å². The highest BCUT2D eigenvalue weighted by atomic mass is 35.5. The highest BCUT2D eigenvalue weighted by molar-refractivity contribution is 7.92. The molecule has 94 valence electrons. The van der Waals surface area contributed by atoms with Crippen molar-refractivity contribution in [2.45, 2.75) is 4.90 Å². The van der Waals surface area contributed by atoms with E-state index in [0.29, 0.717) is 5.02 Å². The molecule has 2 heterocycles. The number of nitrogens with one attached hydrogen (secondary N) is 1. The molecule has 2 aromatic rings. The van der Waals surface area contributed by atoms with Crippen LogP contribution in [0.15, 0.2) is 35.6 Å². The quantitative estimate of drug-likeness (QED) is 0.867. The lowest BCUT2D eigenvalue weighted by molar-refractivity contribution is 0.600. The highest BCUT2D eigenvalue weighted by Crippen LogP contribution is 2.14. The number of nitrogens with two attached hydrogens (primary N) is 1. The van der Waals surface area contributed by atoms with Crippen LogP contribution in [0, 0.1) is 0 Å². The van der Waals surface area contributed by atoms with E-state index >= 15 is 0 Å². The zero-order chi connectivity index (χ0) is 13.2. The van der Waals surface area contributed by atoms with Crippen LogP contribution in [0.4, 0.5) is 11.8 Å². The van der Waals surface area contributed by atoms with Gasteiger partial charge in [-0.05, 0) is 12.1 Å². The van der Waals surface area contributed by atoms with E-state index in [1.807, 2.05) is 0 Å². The number of hydrogen-bond acceptors (Lipinski definition) is 6. The van der Waals surface area contributed by atoms with Crippen molar-refractivity contribution in [3.05, 3.63) is 35.7 Å². The molecule has 18 heavy (non-hydrogen) atoms. The third kappa shape index (κ3) is 2.84. The maximum atomic E-state index is 11.9. The number of nitrogen functional groups attached to an aromatic ring is 1. The van der Waals surface area contributed by atoms with Gasteiger partial charge in [0.05, 0.1) is 17.4 Å². The molecule has 0 saturated carbocycles. The zero-order valence-corrected chi connectivity index (χ0v) is 10.5. The monoisotopic (exact) mass is 285 g/mol. The summed E-state index contributed by atoms with van der Waals surface area (Å²) in [7, 11) is -3.78. The fraction of sp³-hybridized carbons (Fsp3) is 0. The van der Waals surface area contributed by atoms with Crippen LogP contribution in [0.25, 0.3) is 0 Å². The van der Waals surface area contributed by atoms with Crippen molar-refractivity contribution in [2.24, 2.45) is 0 Å². The molecule has 2 rings (SSSR count). The average molecular weight is 286 g/mol. The molecular formula is C9H8ClN5O2S. The SMILES string of the molecule is Nc1ncc(S(=O)(=O)Nc2ccc(Cl)cn2)cn1. The molecule has 0 atom stereocenters. The molecule has 0 aliphatic rings. The van der Waals surface area contributed by atoms with Crippen molar-refractivity contribution in [3.8, 4) is 0 Å². The Balaban J connectivity index is 2.27. The van der Waals surface area contributed by atoms with Gasteiger partial charge in [-0.1, -0.05) is 11.6 Å². The number of pyridine rings is 1. The van der Waals surface area contributed by atoms with Gasteiger partial charge in [-0.25, -0.2) is 23.4 Å². The Bertz CT molecular complexity index is 642. The number of nitrogens with zero attached hydrogens (tertiary/aromatic N) is 3. The van der Waals surface area contributed by atoms with Gasteiger partial charge in [0, 0.05) is 6.20 Å². The molecule has 7 nitrogen and oxygen atoms in total. The van der Waals surface area contributed by atoms with E-state index in [2.05, 4.69) is 19.7 Å². The lowest BCUT2D eigenvalue weighted by Gasteiger charge is -2.06. The first-order valence-electron chi connectivity index (χ1n) is 4.69. The van der Waals surface area contributed by atoms with Crippen LogP contribution in [0.1, 0.15) is 0 Å². The standard InChI is InChI=1S/C9H8ClN5O2S/c10-6-1-2-8(12-3-6)15-18(16,17)7-4-13-9(11)14-5-7/h1-5H,(H,12,15)(H2,11,13,14). The maximum absolute atomic E-state index is 11.9. The van der Waals surface area contributed by atoms with E-state index in [0.717, 1.165) is 12.4 Å². The van der Waals surface area contributed by atoms with Gasteiger partial charge in [0.1, 0.15) is 10.7 Å². The number of anilines is 2. The van der Waals surface area contributed by atoms with Crippen molar-refractivity contribution in [2.75, 3.05) is 10.5 Å². The van der Waals surface area contributed by atoms with Gasteiger partial charge in [-0.3, -0.25) is 4.72 Å². The van der Waals surface area contributed by atoms with Gasteiger partial charge in [-0.2, -0.15) is 0 Å². The minimum Gasteiger partial charge on any atom is -0.368 e. The second-order valence-corrected chi connectivity index (χ2v) is 5.36. The summed E-state index contributed by atoms with van der Waals surface area (Å²) in [5.74, 6) is 0.148. The molecule has 0 saturated heterocycles. The Morgan fingerprint density at radius 1 is 1.11 bits per heavy atom. The van der Waals surface area contributed by atoms with Crippen molar-refractivity contribution in [3.63, 3.8) is 0 Å². The minimum atomic E-state index is -3.78. The molecule has 0 aliphatic carbocycles. The molecule has 3 N–H and O–H groups in total. The second kappa shape index (κ2) is 4.75. The summed E-state index contributed by atoms with van der Waals surface area (Å²) in [6.45, 7) is 0. The van der Waals surface area contributed by atoms with Crippen LogP contribution >= 0.6 is 11.6 Å².